The predicted octanol–water partition coefficient (Wildman–Crippen LogP) is 2.82. The average molecular weight is 329 g/mol. The maximum atomic E-state index is 13.6. The molecule has 0 aromatic heterocycles. The molecule has 1 aromatic carbocycles. The molecule has 3 nitrogen and oxygen atoms in total. The van der Waals surface area contributed by atoms with Gasteiger partial charge in [0.1, 0.15) is 0 Å². The summed E-state index contributed by atoms with van der Waals surface area (Å²) in [4.78, 5) is 2.25. The van der Waals surface area contributed by atoms with Crippen LogP contribution in [0.5, 0.6) is 5.75 Å². The van der Waals surface area contributed by atoms with Crippen molar-refractivity contribution in [2.45, 2.75) is 12.5 Å². The number of benzene rings is 1. The summed E-state index contributed by atoms with van der Waals surface area (Å²) in [6.07, 6.45) is 2.49. The van der Waals surface area contributed by atoms with Crippen LogP contribution in [0.2, 0.25) is 0 Å². The van der Waals surface area contributed by atoms with Crippen LogP contribution in [0.15, 0.2) is 29.3 Å². The molecule has 0 bridgehead atoms. The van der Waals surface area contributed by atoms with Gasteiger partial charge in [0.2, 0.25) is 0 Å². The van der Waals surface area contributed by atoms with Gasteiger partial charge in [0.25, 0.3) is 0 Å². The van der Waals surface area contributed by atoms with E-state index in [4.69, 9.17) is 0 Å². The van der Waals surface area contributed by atoms with Gasteiger partial charge in [-0.25, -0.2) is 4.39 Å². The Kier molecular flexibility index (Phi) is 4.96. The van der Waals surface area contributed by atoms with Gasteiger partial charge in [0, 0.05) is 42.3 Å². The lowest BCUT2D eigenvalue weighted by molar-refractivity contribution is 0.170. The second kappa shape index (κ2) is 6.50. The van der Waals surface area contributed by atoms with Crippen LogP contribution in [0.25, 0.3) is 0 Å². The fraction of sp³-hybridized carbons (Fsp3) is 0.429. The first-order valence-electron chi connectivity index (χ1n) is 6.37. The number of rotatable bonds is 4. The van der Waals surface area contributed by atoms with E-state index in [1.165, 1.54) is 6.07 Å². The Hall–Kier alpha value is -0.910. The summed E-state index contributed by atoms with van der Waals surface area (Å²) in [7, 11) is 0. The normalized spacial score (nSPS) is 18.2. The van der Waals surface area contributed by atoms with Gasteiger partial charge >= 0.3 is 0 Å². The summed E-state index contributed by atoms with van der Waals surface area (Å²) in [5, 5.41) is 13.3. The molecule has 1 heterocycles. The number of halogens is 2. The van der Waals surface area contributed by atoms with Gasteiger partial charge in [0.15, 0.2) is 11.6 Å². The molecule has 1 saturated heterocycles. The molecule has 19 heavy (non-hydrogen) atoms. The van der Waals surface area contributed by atoms with Crippen LogP contribution in [0, 0.1) is 5.82 Å². The van der Waals surface area contributed by atoms with Gasteiger partial charge in [-0.3, -0.25) is 4.90 Å². The standard InChI is InChI=1S/C14H18BrFN2O/c1-2-3-12(18-8-6-17-7-9-18)13-10(15)4-5-11(16)14(13)19/h2,4-5,12,17,19H,1,3,6-9H2/t12-/m0/s1. The maximum absolute atomic E-state index is 13.6. The molecule has 0 unspecified atom stereocenters. The third kappa shape index (κ3) is 3.16. The second-order valence-corrected chi connectivity index (χ2v) is 5.47. The number of phenols is 1. The van der Waals surface area contributed by atoms with Gasteiger partial charge in [-0.2, -0.15) is 0 Å². The van der Waals surface area contributed by atoms with Gasteiger partial charge in [-0.05, 0) is 18.6 Å². The zero-order valence-electron chi connectivity index (χ0n) is 10.7. The largest absolute Gasteiger partial charge is 0.505 e. The fourth-order valence-electron chi connectivity index (χ4n) is 2.47. The lowest BCUT2D eigenvalue weighted by Crippen LogP contribution is -2.45. The van der Waals surface area contributed by atoms with E-state index in [0.29, 0.717) is 12.0 Å². The van der Waals surface area contributed by atoms with Crippen molar-refractivity contribution in [1.82, 2.24) is 10.2 Å². The number of hydrogen-bond donors (Lipinski definition) is 2. The minimum atomic E-state index is -0.581. The van der Waals surface area contributed by atoms with Crippen molar-refractivity contribution in [1.29, 1.82) is 0 Å². The van der Waals surface area contributed by atoms with E-state index < -0.39 is 5.82 Å². The van der Waals surface area contributed by atoms with Crippen LogP contribution in [0.4, 0.5) is 4.39 Å². The highest BCUT2D eigenvalue weighted by atomic mass is 79.9. The molecule has 1 atom stereocenters. The van der Waals surface area contributed by atoms with Crippen LogP contribution in [-0.2, 0) is 0 Å². The van der Waals surface area contributed by atoms with E-state index in [2.05, 4.69) is 32.7 Å². The average Bonchev–Trinajstić information content (AvgIpc) is 2.43. The van der Waals surface area contributed by atoms with E-state index in [1.807, 2.05) is 6.08 Å². The van der Waals surface area contributed by atoms with Crippen molar-refractivity contribution >= 4 is 15.9 Å². The van der Waals surface area contributed by atoms with Crippen LogP contribution >= 0.6 is 15.9 Å². The molecule has 1 aliphatic rings. The van der Waals surface area contributed by atoms with E-state index in [-0.39, 0.29) is 11.8 Å². The topological polar surface area (TPSA) is 35.5 Å². The third-order valence-corrected chi connectivity index (χ3v) is 4.12. The molecule has 1 aromatic rings. The molecule has 5 heteroatoms. The highest BCUT2D eigenvalue weighted by Gasteiger charge is 2.26. The fourth-order valence-corrected chi connectivity index (χ4v) is 3.06. The first kappa shape index (κ1) is 14.5. The first-order valence-corrected chi connectivity index (χ1v) is 7.17. The Morgan fingerprint density at radius 2 is 2.16 bits per heavy atom. The smallest absolute Gasteiger partial charge is 0.165 e. The van der Waals surface area contributed by atoms with Crippen LogP contribution in [-0.4, -0.2) is 36.2 Å². The van der Waals surface area contributed by atoms with E-state index >= 15 is 0 Å². The van der Waals surface area contributed by atoms with Crippen molar-refractivity contribution in [3.05, 3.63) is 40.6 Å². The number of nitrogens with zero attached hydrogens (tertiary/aromatic N) is 1. The summed E-state index contributed by atoms with van der Waals surface area (Å²) in [5.41, 5.74) is 0.613. The molecule has 2 N–H and O–H groups in total. The summed E-state index contributed by atoms with van der Waals surface area (Å²) in [6.45, 7) is 7.33. The molecule has 104 valence electrons. The highest BCUT2D eigenvalue weighted by molar-refractivity contribution is 9.10. The Labute approximate surface area is 121 Å². The molecule has 1 aliphatic heterocycles. The van der Waals surface area contributed by atoms with E-state index in [9.17, 15) is 9.50 Å². The zero-order valence-corrected chi connectivity index (χ0v) is 12.3. The second-order valence-electron chi connectivity index (χ2n) is 4.62. The van der Waals surface area contributed by atoms with E-state index in [1.54, 1.807) is 6.07 Å². The van der Waals surface area contributed by atoms with Gasteiger partial charge < -0.3 is 10.4 Å². The zero-order chi connectivity index (χ0) is 13.8. The number of nitrogens with one attached hydrogen (secondary N) is 1. The molecule has 0 saturated carbocycles. The molecular weight excluding hydrogens is 311 g/mol. The van der Waals surface area contributed by atoms with Crippen molar-refractivity contribution < 1.29 is 9.50 Å². The molecular formula is C14H18BrFN2O. The van der Waals surface area contributed by atoms with Crippen LogP contribution < -0.4 is 5.32 Å². The molecule has 0 aliphatic carbocycles. The van der Waals surface area contributed by atoms with E-state index in [0.717, 1.165) is 30.7 Å². The van der Waals surface area contributed by atoms with Crippen LogP contribution in [0.1, 0.15) is 18.0 Å². The maximum Gasteiger partial charge on any atom is 0.165 e. The number of aromatic hydroxyl groups is 1. The summed E-state index contributed by atoms with van der Waals surface area (Å²) < 4.78 is 14.3. The van der Waals surface area contributed by atoms with Gasteiger partial charge in [-0.1, -0.05) is 22.0 Å². The van der Waals surface area contributed by atoms with Gasteiger partial charge in [-0.15, -0.1) is 6.58 Å². The predicted molar refractivity (Wildman–Crippen MR) is 77.8 cm³/mol. The third-order valence-electron chi connectivity index (χ3n) is 3.43. The minimum Gasteiger partial charge on any atom is -0.505 e. The van der Waals surface area contributed by atoms with Crippen molar-refractivity contribution in [3.63, 3.8) is 0 Å². The highest BCUT2D eigenvalue weighted by Crippen LogP contribution is 2.38. The van der Waals surface area contributed by atoms with Crippen molar-refractivity contribution in [2.75, 3.05) is 26.2 Å². The molecule has 0 spiro atoms. The summed E-state index contributed by atoms with van der Waals surface area (Å²) in [5.74, 6) is -0.845. The molecule has 0 radical (unpaired) electrons. The first-order chi connectivity index (χ1) is 9.15. The van der Waals surface area contributed by atoms with Crippen LogP contribution in [0.3, 0.4) is 0 Å². The molecule has 2 rings (SSSR count). The Balaban J connectivity index is 2.37. The lowest BCUT2D eigenvalue weighted by Gasteiger charge is -2.35. The molecule has 0 amide bonds. The minimum absolute atomic E-state index is 0.0512. The Morgan fingerprint density at radius 1 is 1.47 bits per heavy atom. The number of hydrogen-bond acceptors (Lipinski definition) is 3. The quantitative estimate of drug-likeness (QED) is 0.834. The van der Waals surface area contributed by atoms with Crippen molar-refractivity contribution in [2.24, 2.45) is 0 Å². The number of piperazine rings is 1. The monoisotopic (exact) mass is 328 g/mol. The van der Waals surface area contributed by atoms with Gasteiger partial charge in [0.05, 0.1) is 0 Å². The number of phenolic OH excluding ortho intramolecular Hbond substituents is 1. The lowest BCUT2D eigenvalue weighted by atomic mass is 10.00. The van der Waals surface area contributed by atoms with Crippen molar-refractivity contribution in [3.8, 4) is 5.75 Å². The molecule has 1 fully saturated rings. The Bertz CT molecular complexity index is 461. The summed E-state index contributed by atoms with van der Waals surface area (Å²) in [6, 6.07) is 2.86. The Morgan fingerprint density at radius 3 is 2.79 bits per heavy atom. The SMILES string of the molecule is C=CC[C@@H](c1c(Br)ccc(F)c1O)N1CCNCC1. The summed E-state index contributed by atoms with van der Waals surface area (Å²) >= 11 is 3.42.